The van der Waals surface area contributed by atoms with Crippen LogP contribution in [0.2, 0.25) is 0 Å². The molecule has 0 aromatic carbocycles. The lowest BCUT2D eigenvalue weighted by molar-refractivity contribution is -0.0832. The van der Waals surface area contributed by atoms with Crippen LogP contribution < -0.4 is 16.9 Å². The van der Waals surface area contributed by atoms with Crippen LogP contribution in [0.15, 0.2) is 10.6 Å². The van der Waals surface area contributed by atoms with Crippen LogP contribution in [0.1, 0.15) is 36.8 Å². The fourth-order valence-electron chi connectivity index (χ4n) is 3.73. The molecule has 2 amide bonds. The van der Waals surface area contributed by atoms with Gasteiger partial charge in [0.25, 0.3) is 0 Å². The van der Waals surface area contributed by atoms with Gasteiger partial charge in [-0.15, -0.1) is 4.28 Å². The third-order valence-electron chi connectivity index (χ3n) is 5.36. The molecule has 4 rings (SSSR count). The fraction of sp³-hybridized carbons (Fsp3) is 0.714. The second kappa shape index (κ2) is 6.68. The maximum absolute atomic E-state index is 12.7. The summed E-state index contributed by atoms with van der Waals surface area (Å²) >= 11 is 0. The van der Waals surface area contributed by atoms with Crippen molar-refractivity contribution in [3.05, 3.63) is 17.5 Å². The van der Waals surface area contributed by atoms with Gasteiger partial charge in [0, 0.05) is 12.5 Å². The summed E-state index contributed by atoms with van der Waals surface area (Å²) in [5, 5.41) is 7.94. The van der Waals surface area contributed by atoms with Crippen LogP contribution in [-0.4, -0.2) is 54.9 Å². The Morgan fingerprint density at radius 1 is 1.44 bits per heavy atom. The molecule has 5 N–H and O–H groups in total. The molecule has 1 aromatic rings. The maximum Gasteiger partial charge on any atom is 0.437 e. The van der Waals surface area contributed by atoms with E-state index in [2.05, 4.69) is 24.9 Å². The molecule has 0 aliphatic carbocycles. The number of piperidine rings is 1. The van der Waals surface area contributed by atoms with Crippen LogP contribution in [0.3, 0.4) is 0 Å². The van der Waals surface area contributed by atoms with Crippen molar-refractivity contribution in [3.8, 4) is 0 Å². The number of rotatable bonds is 7. The minimum absolute atomic E-state index is 0.0898. The smallest absolute Gasteiger partial charge is 0.361 e. The molecule has 3 aliphatic rings. The maximum atomic E-state index is 12.7. The first-order valence-electron chi connectivity index (χ1n) is 8.70. The molecule has 0 radical (unpaired) electrons. The topological polar surface area (TPSA) is 166 Å². The summed E-state index contributed by atoms with van der Waals surface area (Å²) in [6.45, 7) is 2.14. The molecular weight excluding hydrogens is 380 g/mol. The Morgan fingerprint density at radius 2 is 2.22 bits per heavy atom. The van der Waals surface area contributed by atoms with E-state index in [4.69, 9.17) is 10.3 Å². The van der Waals surface area contributed by atoms with Gasteiger partial charge in [0.15, 0.2) is 0 Å². The number of nitrogens with one attached hydrogen (secondary N) is 1. The summed E-state index contributed by atoms with van der Waals surface area (Å²) in [5.41, 5.74) is 5.50. The molecule has 150 valence electrons. The Morgan fingerprint density at radius 3 is 2.89 bits per heavy atom. The van der Waals surface area contributed by atoms with E-state index in [1.165, 1.54) is 4.90 Å². The van der Waals surface area contributed by atoms with E-state index in [1.54, 1.807) is 0 Å². The van der Waals surface area contributed by atoms with Gasteiger partial charge in [0.05, 0.1) is 12.6 Å². The molecule has 0 unspecified atom stereocenters. The molecule has 12 nitrogen and oxygen atoms in total. The van der Waals surface area contributed by atoms with Crippen LogP contribution in [0, 0.1) is 5.92 Å². The number of nitrogens with zero attached hydrogens (tertiary/aromatic N) is 3. The largest absolute Gasteiger partial charge is 0.437 e. The molecule has 13 heteroatoms. The number of hydrogen-bond acceptors (Lipinski definition) is 10. The first-order valence-corrected chi connectivity index (χ1v) is 10.0. The minimum Gasteiger partial charge on any atom is -0.361 e. The number of urea groups is 1. The van der Waals surface area contributed by atoms with Gasteiger partial charge in [-0.3, -0.25) is 0 Å². The Kier molecular flexibility index (Phi) is 4.60. The van der Waals surface area contributed by atoms with Crippen molar-refractivity contribution >= 4 is 16.4 Å². The van der Waals surface area contributed by atoms with Gasteiger partial charge >= 0.3 is 16.4 Å². The van der Waals surface area contributed by atoms with Crippen molar-refractivity contribution < 1.29 is 26.3 Å². The van der Waals surface area contributed by atoms with E-state index >= 15 is 0 Å². The van der Waals surface area contributed by atoms with Gasteiger partial charge in [-0.2, -0.15) is 23.7 Å². The number of amides is 2. The van der Waals surface area contributed by atoms with Crippen molar-refractivity contribution in [1.29, 1.82) is 0 Å². The molecule has 3 fully saturated rings. The molecule has 0 spiro atoms. The highest BCUT2D eigenvalue weighted by atomic mass is 32.3. The number of nitrogens with two attached hydrogens (primary N) is 2. The number of aryl methyl sites for hydroxylation is 1. The van der Waals surface area contributed by atoms with Crippen molar-refractivity contribution in [3.63, 3.8) is 0 Å². The summed E-state index contributed by atoms with van der Waals surface area (Å²) in [7, 11) is -4.57. The summed E-state index contributed by atoms with van der Waals surface area (Å²) in [4.78, 5) is 14.1. The zero-order valence-electron chi connectivity index (χ0n) is 14.5. The van der Waals surface area contributed by atoms with Gasteiger partial charge in [-0.25, -0.2) is 4.79 Å². The van der Waals surface area contributed by atoms with Gasteiger partial charge in [-0.1, -0.05) is 5.16 Å². The number of fused-ring (bicyclic) bond motifs is 2. The van der Waals surface area contributed by atoms with Crippen molar-refractivity contribution in [2.45, 2.75) is 37.4 Å². The molecule has 2 atom stereocenters. The number of hydrogen-bond donors (Lipinski definition) is 3. The Bertz CT molecular complexity index is 826. The lowest BCUT2D eigenvalue weighted by Gasteiger charge is -2.35. The van der Waals surface area contributed by atoms with E-state index in [1.807, 2.05) is 6.07 Å². The average molecular weight is 402 g/mol. The van der Waals surface area contributed by atoms with E-state index in [-0.39, 0.29) is 12.6 Å². The first kappa shape index (κ1) is 18.6. The van der Waals surface area contributed by atoms with Crippen LogP contribution in [0.4, 0.5) is 4.79 Å². The van der Waals surface area contributed by atoms with Crippen molar-refractivity contribution in [2.24, 2.45) is 17.5 Å². The normalized spacial score (nSPS) is 28.7. The average Bonchev–Trinajstić information content (AvgIpc) is 3.12. The van der Waals surface area contributed by atoms with Gasteiger partial charge in [-0.05, 0) is 38.3 Å². The fourth-order valence-corrected chi connectivity index (χ4v) is 4.16. The Labute approximate surface area is 155 Å². The summed E-state index contributed by atoms with van der Waals surface area (Å²) in [6.07, 6.45) is 2.60. The highest BCUT2D eigenvalue weighted by Crippen LogP contribution is 2.42. The summed E-state index contributed by atoms with van der Waals surface area (Å²) < 4.78 is 36.8. The molecule has 1 aromatic heterocycles. The molecule has 4 heterocycles. The number of carbonyl (C=O) groups excluding carboxylic acids is 1. The first-order chi connectivity index (χ1) is 12.8. The number of carbonyl (C=O) groups is 1. The summed E-state index contributed by atoms with van der Waals surface area (Å²) in [5.74, 6) is 6.08. The van der Waals surface area contributed by atoms with Crippen LogP contribution in [-0.2, 0) is 25.4 Å². The van der Waals surface area contributed by atoms with Crippen molar-refractivity contribution in [1.82, 2.24) is 20.4 Å². The molecule has 3 aliphatic heterocycles. The Hall–Kier alpha value is -1.77. The second-order valence-electron chi connectivity index (χ2n) is 7.22. The van der Waals surface area contributed by atoms with Crippen LogP contribution in [0.25, 0.3) is 0 Å². The standard InChI is InChI=1S/C14H22N6O6S/c15-14-4-3-12(11-5-10(24-18-11)2-1-9-6-17-7-9)19(8-14)13(21)20(14)26-27(22,23)25-16/h5,9,12,17H,1-4,6-8,15-16H2/t12-,14+/m0/s1. The minimum atomic E-state index is -4.57. The van der Waals surface area contributed by atoms with Gasteiger partial charge in [0.1, 0.15) is 17.1 Å². The molecular formula is C14H22N6O6S. The third-order valence-corrected chi connectivity index (χ3v) is 5.93. The molecule has 27 heavy (non-hydrogen) atoms. The van der Waals surface area contributed by atoms with Gasteiger partial charge < -0.3 is 20.5 Å². The number of aromatic nitrogens is 1. The van der Waals surface area contributed by atoms with Crippen LogP contribution >= 0.6 is 0 Å². The van der Waals surface area contributed by atoms with E-state index in [9.17, 15) is 13.2 Å². The summed E-state index contributed by atoms with van der Waals surface area (Å²) in [6, 6.07) is 0.787. The zero-order valence-corrected chi connectivity index (χ0v) is 15.4. The monoisotopic (exact) mass is 402 g/mol. The van der Waals surface area contributed by atoms with E-state index < -0.39 is 22.1 Å². The van der Waals surface area contributed by atoms with E-state index in [0.29, 0.717) is 29.5 Å². The quantitative estimate of drug-likeness (QED) is 0.487. The predicted molar refractivity (Wildman–Crippen MR) is 89.3 cm³/mol. The lowest BCUT2D eigenvalue weighted by Crippen LogP contribution is -2.56. The van der Waals surface area contributed by atoms with Crippen molar-refractivity contribution in [2.75, 3.05) is 19.6 Å². The highest BCUT2D eigenvalue weighted by molar-refractivity contribution is 7.81. The van der Waals surface area contributed by atoms with E-state index in [0.717, 1.165) is 31.7 Å². The van der Waals surface area contributed by atoms with Gasteiger partial charge in [0.2, 0.25) is 0 Å². The molecule has 0 saturated carbocycles. The molecule has 3 saturated heterocycles. The SMILES string of the molecule is NOS(=O)(=O)ON1C(=O)N2C[C@@]1(N)CC[C@H]2c1cc(CCC2CNC2)on1. The van der Waals surface area contributed by atoms with Crippen LogP contribution in [0.5, 0.6) is 0 Å². The highest BCUT2D eigenvalue weighted by Gasteiger charge is 2.56. The Balaban J connectivity index is 1.47. The third kappa shape index (κ3) is 3.41. The number of hydroxylamine groups is 2. The lowest BCUT2D eigenvalue weighted by atomic mass is 9.93. The predicted octanol–water partition coefficient (Wildman–Crippen LogP) is -0.879. The molecule has 2 bridgehead atoms. The zero-order chi connectivity index (χ0) is 19.2. The second-order valence-corrected chi connectivity index (χ2v) is 8.38.